The summed E-state index contributed by atoms with van der Waals surface area (Å²) in [5, 5.41) is 0. The van der Waals surface area contributed by atoms with Crippen LogP contribution < -0.4 is 4.90 Å². The average Bonchev–Trinajstić information content (AvgIpc) is 2.45. The first kappa shape index (κ1) is 10.3. The molecule has 1 aliphatic rings. The van der Waals surface area contributed by atoms with E-state index < -0.39 is 0 Å². The van der Waals surface area contributed by atoms with Gasteiger partial charge in [0.1, 0.15) is 4.60 Å². The van der Waals surface area contributed by atoms with Crippen molar-refractivity contribution < 1.29 is 9.59 Å². The lowest BCUT2D eigenvalue weighted by Crippen LogP contribution is -2.25. The SMILES string of the molecule is Cc1ccc(N2CC(=O)CC2=O)c(Br)n1. The Kier molecular flexibility index (Phi) is 2.56. The number of pyridine rings is 1. The van der Waals surface area contributed by atoms with E-state index in [0.29, 0.717) is 10.3 Å². The Morgan fingerprint density at radius 1 is 1.40 bits per heavy atom. The zero-order valence-corrected chi connectivity index (χ0v) is 9.74. The second-order valence-electron chi connectivity index (χ2n) is 3.46. The lowest BCUT2D eigenvalue weighted by Gasteiger charge is -2.15. The van der Waals surface area contributed by atoms with Gasteiger partial charge in [-0.2, -0.15) is 0 Å². The van der Waals surface area contributed by atoms with Crippen molar-refractivity contribution in [1.82, 2.24) is 4.98 Å². The van der Waals surface area contributed by atoms with Crippen LogP contribution in [0.5, 0.6) is 0 Å². The summed E-state index contributed by atoms with van der Waals surface area (Å²) in [6.07, 6.45) is 0.000314. The predicted molar refractivity (Wildman–Crippen MR) is 58.7 cm³/mol. The lowest BCUT2D eigenvalue weighted by molar-refractivity contribution is -0.121. The molecule has 0 bridgehead atoms. The van der Waals surface area contributed by atoms with Crippen molar-refractivity contribution in [3.05, 3.63) is 22.4 Å². The quantitative estimate of drug-likeness (QED) is 0.573. The molecule has 0 atom stereocenters. The molecule has 15 heavy (non-hydrogen) atoms. The van der Waals surface area contributed by atoms with Gasteiger partial charge in [-0.1, -0.05) is 0 Å². The van der Waals surface area contributed by atoms with Crippen LogP contribution in [-0.4, -0.2) is 23.2 Å². The number of carbonyl (C=O) groups is 2. The van der Waals surface area contributed by atoms with E-state index >= 15 is 0 Å². The number of amides is 1. The summed E-state index contributed by atoms with van der Waals surface area (Å²) in [7, 11) is 0. The fraction of sp³-hybridized carbons (Fsp3) is 0.300. The van der Waals surface area contributed by atoms with Crippen LogP contribution in [0, 0.1) is 6.92 Å². The van der Waals surface area contributed by atoms with Crippen molar-refractivity contribution in [3.8, 4) is 0 Å². The molecule has 1 saturated heterocycles. The van der Waals surface area contributed by atoms with Crippen LogP contribution in [0.1, 0.15) is 12.1 Å². The van der Waals surface area contributed by atoms with Crippen LogP contribution in [-0.2, 0) is 9.59 Å². The molecule has 1 amide bonds. The Morgan fingerprint density at radius 3 is 2.67 bits per heavy atom. The normalized spacial score (nSPS) is 16.3. The topological polar surface area (TPSA) is 50.3 Å². The first-order chi connectivity index (χ1) is 7.08. The van der Waals surface area contributed by atoms with Crippen LogP contribution in [0.15, 0.2) is 16.7 Å². The molecule has 4 nitrogen and oxygen atoms in total. The fourth-order valence-electron chi connectivity index (χ4n) is 1.52. The zero-order chi connectivity index (χ0) is 11.0. The summed E-state index contributed by atoms with van der Waals surface area (Å²) in [5.41, 5.74) is 1.53. The Labute approximate surface area is 95.4 Å². The number of Topliss-reactive ketones (excluding diaryl/α,β-unsaturated/α-hetero) is 1. The van der Waals surface area contributed by atoms with Crippen LogP contribution in [0.25, 0.3) is 0 Å². The number of aryl methyl sites for hydroxylation is 1. The molecule has 1 aromatic rings. The molecule has 1 fully saturated rings. The van der Waals surface area contributed by atoms with E-state index in [2.05, 4.69) is 20.9 Å². The van der Waals surface area contributed by atoms with E-state index in [9.17, 15) is 9.59 Å². The second-order valence-corrected chi connectivity index (χ2v) is 4.21. The molecule has 0 aliphatic carbocycles. The summed E-state index contributed by atoms with van der Waals surface area (Å²) in [5.74, 6) is -0.209. The molecule has 0 spiro atoms. The van der Waals surface area contributed by atoms with Crippen molar-refractivity contribution in [2.75, 3.05) is 11.4 Å². The molecule has 1 aliphatic heterocycles. The maximum absolute atomic E-state index is 11.5. The van der Waals surface area contributed by atoms with Gasteiger partial charge in [0.05, 0.1) is 18.7 Å². The van der Waals surface area contributed by atoms with Gasteiger partial charge in [-0.05, 0) is 35.0 Å². The molecule has 0 saturated carbocycles. The van der Waals surface area contributed by atoms with Gasteiger partial charge >= 0.3 is 0 Å². The van der Waals surface area contributed by atoms with Gasteiger partial charge in [-0.15, -0.1) is 0 Å². The van der Waals surface area contributed by atoms with Crippen molar-refractivity contribution in [3.63, 3.8) is 0 Å². The van der Waals surface area contributed by atoms with E-state index in [1.165, 1.54) is 4.90 Å². The van der Waals surface area contributed by atoms with Gasteiger partial charge < -0.3 is 4.90 Å². The maximum Gasteiger partial charge on any atom is 0.235 e. The minimum Gasteiger partial charge on any atom is -0.302 e. The number of halogens is 1. The number of hydrogen-bond donors (Lipinski definition) is 0. The second kappa shape index (κ2) is 3.73. The van der Waals surface area contributed by atoms with Crippen molar-refractivity contribution >= 4 is 33.3 Å². The highest BCUT2D eigenvalue weighted by atomic mass is 79.9. The highest BCUT2D eigenvalue weighted by molar-refractivity contribution is 9.10. The third kappa shape index (κ3) is 1.92. The Bertz CT molecular complexity index is 445. The summed E-state index contributed by atoms with van der Waals surface area (Å²) in [6.45, 7) is 2.02. The molecule has 2 heterocycles. The van der Waals surface area contributed by atoms with Crippen LogP contribution in [0.4, 0.5) is 5.69 Å². The number of carbonyl (C=O) groups excluding carboxylic acids is 2. The van der Waals surface area contributed by atoms with Gasteiger partial charge in [0.15, 0.2) is 5.78 Å². The molecular weight excluding hydrogens is 260 g/mol. The monoisotopic (exact) mass is 268 g/mol. The highest BCUT2D eigenvalue weighted by Gasteiger charge is 2.29. The Balaban J connectivity index is 2.38. The van der Waals surface area contributed by atoms with Gasteiger partial charge in [0, 0.05) is 5.69 Å². The number of nitrogens with zero attached hydrogens (tertiary/aromatic N) is 2. The van der Waals surface area contributed by atoms with E-state index in [-0.39, 0.29) is 24.7 Å². The van der Waals surface area contributed by atoms with Gasteiger partial charge in [0.25, 0.3) is 0 Å². The molecule has 0 radical (unpaired) electrons. The first-order valence-corrected chi connectivity index (χ1v) is 5.32. The smallest absolute Gasteiger partial charge is 0.235 e. The maximum atomic E-state index is 11.5. The largest absolute Gasteiger partial charge is 0.302 e. The van der Waals surface area contributed by atoms with E-state index in [4.69, 9.17) is 0 Å². The third-order valence-corrected chi connectivity index (χ3v) is 2.83. The number of anilines is 1. The minimum atomic E-state index is -0.161. The summed E-state index contributed by atoms with van der Waals surface area (Å²) < 4.78 is 0.602. The number of hydrogen-bond acceptors (Lipinski definition) is 3. The summed E-state index contributed by atoms with van der Waals surface area (Å²) >= 11 is 3.29. The first-order valence-electron chi connectivity index (χ1n) is 4.53. The Hall–Kier alpha value is -1.23. The molecule has 2 rings (SSSR count). The molecule has 5 heteroatoms. The van der Waals surface area contributed by atoms with Crippen LogP contribution >= 0.6 is 15.9 Å². The van der Waals surface area contributed by atoms with Gasteiger partial charge in [-0.3, -0.25) is 9.59 Å². The van der Waals surface area contributed by atoms with E-state index in [1.54, 1.807) is 6.07 Å². The van der Waals surface area contributed by atoms with Gasteiger partial charge in [-0.25, -0.2) is 4.98 Å². The van der Waals surface area contributed by atoms with Crippen molar-refractivity contribution in [2.24, 2.45) is 0 Å². The number of aromatic nitrogens is 1. The average molecular weight is 269 g/mol. The minimum absolute atomic E-state index is 0.000314. The molecule has 1 aromatic heterocycles. The number of rotatable bonds is 1. The Morgan fingerprint density at radius 2 is 2.13 bits per heavy atom. The van der Waals surface area contributed by atoms with E-state index in [1.807, 2.05) is 13.0 Å². The summed E-state index contributed by atoms with van der Waals surface area (Å²) in [6, 6.07) is 3.61. The molecule has 0 unspecified atom stereocenters. The highest BCUT2D eigenvalue weighted by Crippen LogP contribution is 2.27. The van der Waals surface area contributed by atoms with Crippen LogP contribution in [0.2, 0.25) is 0 Å². The number of ketones is 1. The molecular formula is C10H9BrN2O2. The lowest BCUT2D eigenvalue weighted by atomic mass is 10.3. The van der Waals surface area contributed by atoms with Crippen molar-refractivity contribution in [1.29, 1.82) is 0 Å². The zero-order valence-electron chi connectivity index (χ0n) is 8.16. The predicted octanol–water partition coefficient (Wildman–Crippen LogP) is 1.46. The standard InChI is InChI=1S/C10H9BrN2O2/c1-6-2-3-8(10(11)12-6)13-5-7(14)4-9(13)15/h2-3H,4-5H2,1H3. The molecule has 78 valence electrons. The fourth-order valence-corrected chi connectivity index (χ4v) is 2.15. The van der Waals surface area contributed by atoms with Gasteiger partial charge in [0.2, 0.25) is 5.91 Å². The van der Waals surface area contributed by atoms with Crippen molar-refractivity contribution in [2.45, 2.75) is 13.3 Å². The molecule has 0 aromatic carbocycles. The molecule has 0 N–H and O–H groups in total. The summed E-state index contributed by atoms with van der Waals surface area (Å²) in [4.78, 5) is 28.2. The van der Waals surface area contributed by atoms with E-state index in [0.717, 1.165) is 5.69 Å². The third-order valence-electron chi connectivity index (χ3n) is 2.24. The van der Waals surface area contributed by atoms with Crippen LogP contribution in [0.3, 0.4) is 0 Å².